The molecule has 2 N–H and O–H groups in total. The number of rotatable bonds is 9. The predicted octanol–water partition coefficient (Wildman–Crippen LogP) is 2.39. The second-order valence-corrected chi connectivity index (χ2v) is 7.80. The van der Waals surface area contributed by atoms with E-state index in [-0.39, 0.29) is 12.3 Å². The molecule has 0 atom stereocenters. The van der Waals surface area contributed by atoms with Crippen molar-refractivity contribution in [2.75, 3.05) is 26.0 Å². The minimum Gasteiger partial charge on any atom is -0.489 e. The lowest BCUT2D eigenvalue weighted by Gasteiger charge is -2.14. The van der Waals surface area contributed by atoms with E-state index in [0.29, 0.717) is 24.0 Å². The van der Waals surface area contributed by atoms with Crippen LogP contribution in [0.15, 0.2) is 77.1 Å². The van der Waals surface area contributed by atoms with Gasteiger partial charge in [0.05, 0.1) is 10.6 Å². The van der Waals surface area contributed by atoms with Crippen LogP contribution in [-0.4, -0.2) is 40.3 Å². The number of ether oxygens (including phenoxy) is 1. The number of sulfone groups is 1. The largest absolute Gasteiger partial charge is 0.489 e. The first kappa shape index (κ1) is 20.5. The van der Waals surface area contributed by atoms with Gasteiger partial charge in [0, 0.05) is 25.7 Å². The molecule has 0 aliphatic rings. The van der Waals surface area contributed by atoms with Crippen molar-refractivity contribution in [2.24, 2.45) is 4.99 Å². The molecule has 0 heterocycles. The maximum absolute atomic E-state index is 12.3. The summed E-state index contributed by atoms with van der Waals surface area (Å²) in [5.41, 5.74) is 0.971. The van der Waals surface area contributed by atoms with E-state index in [2.05, 4.69) is 22.2 Å². The topological polar surface area (TPSA) is 79.8 Å². The molecule has 144 valence electrons. The van der Waals surface area contributed by atoms with Crippen LogP contribution in [0, 0.1) is 0 Å². The number of nitrogens with zero attached hydrogens (tertiary/aromatic N) is 1. The van der Waals surface area contributed by atoms with E-state index in [0.717, 1.165) is 11.3 Å². The number of hydrogen-bond donors (Lipinski definition) is 2. The first-order chi connectivity index (χ1) is 13.1. The lowest BCUT2D eigenvalue weighted by Crippen LogP contribution is -2.39. The van der Waals surface area contributed by atoms with E-state index < -0.39 is 9.84 Å². The first-order valence-electron chi connectivity index (χ1n) is 8.60. The van der Waals surface area contributed by atoms with Gasteiger partial charge in [-0.15, -0.1) is 0 Å². The van der Waals surface area contributed by atoms with Crippen LogP contribution in [0.5, 0.6) is 5.75 Å². The summed E-state index contributed by atoms with van der Waals surface area (Å²) in [6.45, 7) is 4.84. The first-order valence-corrected chi connectivity index (χ1v) is 10.3. The van der Waals surface area contributed by atoms with Crippen LogP contribution in [0.2, 0.25) is 0 Å². The van der Waals surface area contributed by atoms with Crippen LogP contribution in [0.25, 0.3) is 0 Å². The molecule has 0 aromatic heterocycles. The average Bonchev–Trinajstić information content (AvgIpc) is 2.70. The molecule has 0 amide bonds. The highest BCUT2D eigenvalue weighted by atomic mass is 32.2. The Labute approximate surface area is 160 Å². The summed E-state index contributed by atoms with van der Waals surface area (Å²) >= 11 is 0. The number of benzene rings is 2. The van der Waals surface area contributed by atoms with Gasteiger partial charge in [0.25, 0.3) is 0 Å². The summed E-state index contributed by atoms with van der Waals surface area (Å²) in [5.74, 6) is 1.28. The third-order valence-electron chi connectivity index (χ3n) is 3.76. The fourth-order valence-electron chi connectivity index (χ4n) is 2.39. The fourth-order valence-corrected chi connectivity index (χ4v) is 3.57. The van der Waals surface area contributed by atoms with Crippen molar-refractivity contribution in [1.29, 1.82) is 0 Å². The highest BCUT2D eigenvalue weighted by molar-refractivity contribution is 7.91. The maximum Gasteiger partial charge on any atom is 0.191 e. The summed E-state index contributed by atoms with van der Waals surface area (Å²) in [6.07, 6.45) is 1.69. The van der Waals surface area contributed by atoms with E-state index >= 15 is 0 Å². The molecule has 0 saturated carbocycles. The molecule has 2 aromatic carbocycles. The van der Waals surface area contributed by atoms with Gasteiger partial charge < -0.3 is 15.4 Å². The molecule has 0 saturated heterocycles. The Hall–Kier alpha value is -2.80. The Morgan fingerprint density at radius 3 is 2.52 bits per heavy atom. The van der Waals surface area contributed by atoms with E-state index in [4.69, 9.17) is 4.74 Å². The smallest absolute Gasteiger partial charge is 0.191 e. The number of aliphatic imine (C=N–C) groups is 1. The molecule has 0 unspecified atom stereocenters. The summed E-state index contributed by atoms with van der Waals surface area (Å²) < 4.78 is 30.2. The quantitative estimate of drug-likeness (QED) is 0.392. The molecule has 0 fully saturated rings. The molecule has 7 heteroatoms. The molecule has 2 aromatic rings. The molecule has 6 nitrogen and oxygen atoms in total. The minimum atomic E-state index is -3.32. The fraction of sp³-hybridized carbons (Fsp3) is 0.250. The zero-order chi connectivity index (χ0) is 19.5. The van der Waals surface area contributed by atoms with Crippen LogP contribution < -0.4 is 15.4 Å². The molecule has 0 bridgehead atoms. The van der Waals surface area contributed by atoms with Crippen LogP contribution in [0.4, 0.5) is 0 Å². The van der Waals surface area contributed by atoms with Crippen molar-refractivity contribution >= 4 is 15.8 Å². The van der Waals surface area contributed by atoms with Gasteiger partial charge in [-0.3, -0.25) is 4.99 Å². The highest BCUT2D eigenvalue weighted by Crippen LogP contribution is 2.17. The molecular formula is C20H25N3O3S. The van der Waals surface area contributed by atoms with Crippen molar-refractivity contribution in [1.82, 2.24) is 10.6 Å². The van der Waals surface area contributed by atoms with Crippen molar-refractivity contribution in [3.05, 3.63) is 72.8 Å². The third-order valence-corrected chi connectivity index (χ3v) is 5.50. The number of nitrogens with one attached hydrogen (secondary N) is 2. The third kappa shape index (κ3) is 6.45. The van der Waals surface area contributed by atoms with Gasteiger partial charge in [0.2, 0.25) is 0 Å². The van der Waals surface area contributed by atoms with E-state index in [9.17, 15) is 8.42 Å². The van der Waals surface area contributed by atoms with Gasteiger partial charge in [0.15, 0.2) is 15.8 Å². The summed E-state index contributed by atoms with van der Waals surface area (Å²) in [4.78, 5) is 4.45. The Kier molecular flexibility index (Phi) is 7.88. The Balaban J connectivity index is 1.87. The van der Waals surface area contributed by atoms with Crippen LogP contribution in [-0.2, 0) is 16.4 Å². The molecule has 0 aliphatic heterocycles. The number of hydrogen-bond acceptors (Lipinski definition) is 4. The van der Waals surface area contributed by atoms with Crippen molar-refractivity contribution < 1.29 is 13.2 Å². The lowest BCUT2D eigenvalue weighted by atomic mass is 10.2. The highest BCUT2D eigenvalue weighted by Gasteiger charge is 2.13. The number of para-hydroxylation sites is 1. The molecule has 0 spiro atoms. The van der Waals surface area contributed by atoms with Crippen molar-refractivity contribution in [3.8, 4) is 5.75 Å². The second kappa shape index (κ2) is 10.4. The standard InChI is InChI=1S/C20H25N3O3S/c1-3-14-26-19-12-8-7-9-17(19)16-23-20(21-2)22-13-15-27(24,25)18-10-5-4-6-11-18/h3-12H,1,13-16H2,2H3,(H2,21,22,23). The average molecular weight is 388 g/mol. The van der Waals surface area contributed by atoms with Gasteiger partial charge in [-0.1, -0.05) is 49.1 Å². The summed E-state index contributed by atoms with van der Waals surface area (Å²) in [7, 11) is -1.68. The van der Waals surface area contributed by atoms with E-state index in [1.54, 1.807) is 43.5 Å². The lowest BCUT2D eigenvalue weighted by molar-refractivity contribution is 0.358. The zero-order valence-corrected chi connectivity index (χ0v) is 16.2. The summed E-state index contributed by atoms with van der Waals surface area (Å²) in [6, 6.07) is 16.1. The van der Waals surface area contributed by atoms with Gasteiger partial charge in [0.1, 0.15) is 12.4 Å². The Bertz CT molecular complexity index is 865. The molecule has 2 rings (SSSR count). The van der Waals surface area contributed by atoms with Gasteiger partial charge in [-0.2, -0.15) is 0 Å². The Morgan fingerprint density at radius 2 is 1.81 bits per heavy atom. The predicted molar refractivity (Wildman–Crippen MR) is 109 cm³/mol. The monoisotopic (exact) mass is 387 g/mol. The van der Waals surface area contributed by atoms with Gasteiger partial charge in [-0.05, 0) is 18.2 Å². The number of guanidine groups is 1. The van der Waals surface area contributed by atoms with Gasteiger partial charge >= 0.3 is 0 Å². The normalized spacial score (nSPS) is 11.7. The second-order valence-electron chi connectivity index (χ2n) is 5.69. The van der Waals surface area contributed by atoms with Crippen LogP contribution >= 0.6 is 0 Å². The van der Waals surface area contributed by atoms with E-state index in [1.807, 2.05) is 24.3 Å². The van der Waals surface area contributed by atoms with Crippen LogP contribution in [0.3, 0.4) is 0 Å². The molecule has 0 aliphatic carbocycles. The molecular weight excluding hydrogens is 362 g/mol. The maximum atomic E-state index is 12.3. The SMILES string of the molecule is C=CCOc1ccccc1CNC(=NC)NCCS(=O)(=O)c1ccccc1. The van der Waals surface area contributed by atoms with Crippen molar-refractivity contribution in [2.45, 2.75) is 11.4 Å². The summed E-state index contributed by atoms with van der Waals surface area (Å²) in [5, 5.41) is 6.20. The van der Waals surface area contributed by atoms with Crippen LogP contribution in [0.1, 0.15) is 5.56 Å². The molecule has 27 heavy (non-hydrogen) atoms. The van der Waals surface area contributed by atoms with Crippen molar-refractivity contribution in [3.63, 3.8) is 0 Å². The minimum absolute atomic E-state index is 0.0171. The Morgan fingerprint density at radius 1 is 1.11 bits per heavy atom. The molecule has 0 radical (unpaired) electrons. The zero-order valence-electron chi connectivity index (χ0n) is 15.4. The van der Waals surface area contributed by atoms with Gasteiger partial charge in [-0.25, -0.2) is 8.42 Å². The van der Waals surface area contributed by atoms with E-state index in [1.165, 1.54) is 0 Å².